The molecule has 0 saturated heterocycles. The number of nitrogens with one attached hydrogen (secondary N) is 1. The molecule has 0 fully saturated rings. The van der Waals surface area contributed by atoms with Crippen molar-refractivity contribution in [3.63, 3.8) is 0 Å². The number of carbonyl (C=O) groups is 1. The van der Waals surface area contributed by atoms with E-state index in [2.05, 4.69) is 26.2 Å². The van der Waals surface area contributed by atoms with Crippen molar-refractivity contribution in [1.82, 2.24) is 4.98 Å². The molecule has 3 N–H and O–H groups in total. The van der Waals surface area contributed by atoms with Crippen LogP contribution >= 0.6 is 15.9 Å². The SMILES string of the molecule is Nc1ccnc(C(=O)Nc2ccc(Br)c3ccccc23)c1. The summed E-state index contributed by atoms with van der Waals surface area (Å²) in [6.07, 6.45) is 1.52. The summed E-state index contributed by atoms with van der Waals surface area (Å²) in [6.45, 7) is 0. The van der Waals surface area contributed by atoms with Crippen LogP contribution in [0.15, 0.2) is 59.2 Å². The van der Waals surface area contributed by atoms with Crippen LogP contribution in [0.5, 0.6) is 0 Å². The first kappa shape index (κ1) is 13.6. The van der Waals surface area contributed by atoms with Crippen molar-refractivity contribution in [2.24, 2.45) is 0 Å². The summed E-state index contributed by atoms with van der Waals surface area (Å²) in [6, 6.07) is 14.8. The number of amides is 1. The van der Waals surface area contributed by atoms with E-state index < -0.39 is 0 Å². The third-order valence-electron chi connectivity index (χ3n) is 3.14. The number of pyridine rings is 1. The molecule has 3 aromatic rings. The van der Waals surface area contributed by atoms with Gasteiger partial charge < -0.3 is 11.1 Å². The molecule has 0 radical (unpaired) electrons. The number of halogens is 1. The van der Waals surface area contributed by atoms with Crippen LogP contribution in [0.2, 0.25) is 0 Å². The number of hydrogen-bond acceptors (Lipinski definition) is 3. The molecule has 1 amide bonds. The van der Waals surface area contributed by atoms with Gasteiger partial charge in [-0.3, -0.25) is 9.78 Å². The van der Waals surface area contributed by atoms with Gasteiger partial charge in [0, 0.05) is 27.4 Å². The average molecular weight is 342 g/mol. The van der Waals surface area contributed by atoms with Gasteiger partial charge in [-0.05, 0) is 29.7 Å². The standard InChI is InChI=1S/C16H12BrN3O/c17-13-5-6-14(12-4-2-1-3-11(12)13)20-16(21)15-9-10(18)7-8-19-15/h1-9H,(H2,18,19)(H,20,21). The first-order valence-electron chi connectivity index (χ1n) is 6.35. The minimum Gasteiger partial charge on any atom is -0.399 e. The Morgan fingerprint density at radius 1 is 1.10 bits per heavy atom. The average Bonchev–Trinajstić information content (AvgIpc) is 2.50. The van der Waals surface area contributed by atoms with Crippen molar-refractivity contribution < 1.29 is 4.79 Å². The van der Waals surface area contributed by atoms with Crippen molar-refractivity contribution in [3.05, 3.63) is 64.9 Å². The summed E-state index contributed by atoms with van der Waals surface area (Å²) >= 11 is 3.51. The molecular weight excluding hydrogens is 330 g/mol. The van der Waals surface area contributed by atoms with E-state index >= 15 is 0 Å². The molecule has 5 heteroatoms. The van der Waals surface area contributed by atoms with E-state index in [9.17, 15) is 4.79 Å². The van der Waals surface area contributed by atoms with Crippen LogP contribution in [0.1, 0.15) is 10.5 Å². The van der Waals surface area contributed by atoms with Crippen LogP contribution in [0.25, 0.3) is 10.8 Å². The number of aromatic nitrogens is 1. The Morgan fingerprint density at radius 3 is 2.62 bits per heavy atom. The number of anilines is 2. The minimum absolute atomic E-state index is 0.283. The molecule has 21 heavy (non-hydrogen) atoms. The first-order chi connectivity index (χ1) is 10.1. The molecular formula is C16H12BrN3O. The molecule has 0 spiro atoms. The molecule has 0 aliphatic carbocycles. The van der Waals surface area contributed by atoms with Crippen LogP contribution in [0.3, 0.4) is 0 Å². The quantitative estimate of drug-likeness (QED) is 0.744. The molecule has 3 rings (SSSR count). The summed E-state index contributed by atoms with van der Waals surface area (Å²) in [5, 5.41) is 4.88. The Morgan fingerprint density at radius 2 is 1.86 bits per heavy atom. The molecule has 0 aliphatic rings. The Labute approximate surface area is 130 Å². The third kappa shape index (κ3) is 2.73. The summed E-state index contributed by atoms with van der Waals surface area (Å²) in [7, 11) is 0. The van der Waals surface area contributed by atoms with Crippen LogP contribution in [-0.2, 0) is 0 Å². The van der Waals surface area contributed by atoms with Gasteiger partial charge in [0.2, 0.25) is 0 Å². The topological polar surface area (TPSA) is 68.0 Å². The van der Waals surface area contributed by atoms with Crippen molar-refractivity contribution in [2.45, 2.75) is 0 Å². The smallest absolute Gasteiger partial charge is 0.274 e. The van der Waals surface area contributed by atoms with Gasteiger partial charge in [-0.25, -0.2) is 0 Å². The van der Waals surface area contributed by atoms with Gasteiger partial charge >= 0.3 is 0 Å². The van der Waals surface area contributed by atoms with Crippen LogP contribution < -0.4 is 11.1 Å². The first-order valence-corrected chi connectivity index (χ1v) is 7.14. The van der Waals surface area contributed by atoms with E-state index in [1.807, 2.05) is 36.4 Å². The van der Waals surface area contributed by atoms with Gasteiger partial charge in [0.05, 0.1) is 0 Å². The predicted molar refractivity (Wildman–Crippen MR) is 88.3 cm³/mol. The highest BCUT2D eigenvalue weighted by Crippen LogP contribution is 2.30. The number of rotatable bonds is 2. The lowest BCUT2D eigenvalue weighted by atomic mass is 10.1. The monoisotopic (exact) mass is 341 g/mol. The van der Waals surface area contributed by atoms with E-state index in [0.29, 0.717) is 11.4 Å². The number of fused-ring (bicyclic) bond motifs is 1. The van der Waals surface area contributed by atoms with E-state index in [1.54, 1.807) is 12.1 Å². The second kappa shape index (κ2) is 5.54. The van der Waals surface area contributed by atoms with Crippen molar-refractivity contribution in [2.75, 3.05) is 11.1 Å². The Hall–Kier alpha value is -2.40. The van der Waals surface area contributed by atoms with Crippen LogP contribution in [-0.4, -0.2) is 10.9 Å². The largest absolute Gasteiger partial charge is 0.399 e. The molecule has 2 aromatic carbocycles. The van der Waals surface area contributed by atoms with E-state index in [4.69, 9.17) is 5.73 Å². The number of nitrogens with zero attached hydrogens (tertiary/aromatic N) is 1. The fraction of sp³-hybridized carbons (Fsp3) is 0. The predicted octanol–water partition coefficient (Wildman–Crippen LogP) is 3.83. The van der Waals surface area contributed by atoms with E-state index in [0.717, 1.165) is 20.9 Å². The maximum absolute atomic E-state index is 12.3. The lowest BCUT2D eigenvalue weighted by molar-refractivity contribution is 0.102. The molecule has 0 aliphatic heterocycles. The zero-order chi connectivity index (χ0) is 14.8. The highest BCUT2D eigenvalue weighted by Gasteiger charge is 2.10. The second-order valence-corrected chi connectivity index (χ2v) is 5.42. The Kier molecular flexibility index (Phi) is 3.58. The molecule has 1 heterocycles. The minimum atomic E-state index is -0.283. The van der Waals surface area contributed by atoms with Crippen LogP contribution in [0.4, 0.5) is 11.4 Å². The van der Waals surface area contributed by atoms with Gasteiger partial charge in [-0.15, -0.1) is 0 Å². The van der Waals surface area contributed by atoms with Gasteiger partial charge in [0.15, 0.2) is 0 Å². The Bertz CT molecular complexity index is 833. The zero-order valence-corrected chi connectivity index (χ0v) is 12.6. The fourth-order valence-electron chi connectivity index (χ4n) is 2.13. The fourth-order valence-corrected chi connectivity index (χ4v) is 2.61. The van der Waals surface area contributed by atoms with E-state index in [-0.39, 0.29) is 5.91 Å². The second-order valence-electron chi connectivity index (χ2n) is 4.57. The number of nitrogen functional groups attached to an aromatic ring is 1. The lowest BCUT2D eigenvalue weighted by Gasteiger charge is -2.10. The summed E-state index contributed by atoms with van der Waals surface area (Å²) in [5.74, 6) is -0.283. The summed E-state index contributed by atoms with van der Waals surface area (Å²) in [4.78, 5) is 16.3. The number of hydrogen-bond donors (Lipinski definition) is 2. The van der Waals surface area contributed by atoms with Gasteiger partial charge in [-0.1, -0.05) is 40.2 Å². The number of nitrogens with two attached hydrogens (primary N) is 1. The molecule has 104 valence electrons. The molecule has 0 saturated carbocycles. The van der Waals surface area contributed by atoms with Gasteiger partial charge in [0.1, 0.15) is 5.69 Å². The van der Waals surface area contributed by atoms with Gasteiger partial charge in [-0.2, -0.15) is 0 Å². The number of carbonyl (C=O) groups excluding carboxylic acids is 1. The number of benzene rings is 2. The third-order valence-corrected chi connectivity index (χ3v) is 3.83. The van der Waals surface area contributed by atoms with Crippen molar-refractivity contribution in [1.29, 1.82) is 0 Å². The molecule has 0 unspecified atom stereocenters. The maximum atomic E-state index is 12.3. The summed E-state index contributed by atoms with van der Waals surface area (Å²) < 4.78 is 0.984. The Balaban J connectivity index is 1.99. The molecule has 0 bridgehead atoms. The highest BCUT2D eigenvalue weighted by atomic mass is 79.9. The lowest BCUT2D eigenvalue weighted by Crippen LogP contribution is -2.14. The van der Waals surface area contributed by atoms with E-state index in [1.165, 1.54) is 6.20 Å². The summed E-state index contributed by atoms with van der Waals surface area (Å²) in [5.41, 5.74) is 7.22. The van der Waals surface area contributed by atoms with Crippen molar-refractivity contribution in [3.8, 4) is 0 Å². The molecule has 1 aromatic heterocycles. The zero-order valence-electron chi connectivity index (χ0n) is 11.0. The van der Waals surface area contributed by atoms with Crippen molar-refractivity contribution >= 4 is 44.0 Å². The highest BCUT2D eigenvalue weighted by molar-refractivity contribution is 9.10. The normalized spacial score (nSPS) is 10.5. The molecule has 4 nitrogen and oxygen atoms in total. The molecule has 0 atom stereocenters. The maximum Gasteiger partial charge on any atom is 0.274 e. The van der Waals surface area contributed by atoms with Gasteiger partial charge in [0.25, 0.3) is 5.91 Å². The van der Waals surface area contributed by atoms with Crippen LogP contribution in [0, 0.1) is 0 Å².